The number of rotatable bonds is 85. The van der Waals surface area contributed by atoms with E-state index in [1.54, 1.807) is 11.6 Å². The molecule has 2 aromatic carbocycles. The van der Waals surface area contributed by atoms with Crippen LogP contribution in [-0.2, 0) is 0 Å². The van der Waals surface area contributed by atoms with E-state index in [1.165, 1.54) is 544 Å². The maximum atomic E-state index is 6.23. The summed E-state index contributed by atoms with van der Waals surface area (Å²) < 4.78 is 12.2. The predicted octanol–water partition coefficient (Wildman–Crippen LogP) is 41.5. The Hall–Kier alpha value is -1.53. The molecular formula is C114H218O2Si2. The normalized spacial score (nSPS) is 16.0. The van der Waals surface area contributed by atoms with E-state index in [1.807, 2.05) is 0 Å². The molecule has 4 rings (SSSR count). The van der Waals surface area contributed by atoms with Crippen molar-refractivity contribution in [3.63, 3.8) is 0 Å². The number of unbranched alkanes of at least 4 members (excludes halogenated alkanes) is 62. The van der Waals surface area contributed by atoms with Gasteiger partial charge in [0.1, 0.15) is 11.5 Å². The van der Waals surface area contributed by atoms with Crippen LogP contribution >= 0.6 is 0 Å². The summed E-state index contributed by atoms with van der Waals surface area (Å²) in [7, 11) is -1.46. The number of ether oxygens (including phenoxy) is 2. The first-order valence-electron chi connectivity index (χ1n) is 55.5. The van der Waals surface area contributed by atoms with Crippen molar-refractivity contribution in [1.82, 2.24) is 0 Å². The van der Waals surface area contributed by atoms with Gasteiger partial charge in [-0.3, -0.25) is 0 Å². The highest BCUT2D eigenvalue weighted by atomic mass is 28.3. The molecule has 0 N–H and O–H groups in total. The zero-order valence-corrected chi connectivity index (χ0v) is 85.1. The van der Waals surface area contributed by atoms with Gasteiger partial charge in [-0.25, -0.2) is 0 Å². The molecule has 0 aliphatic heterocycles. The van der Waals surface area contributed by atoms with Crippen LogP contribution in [0.2, 0.25) is 44.3 Å². The molecule has 2 fully saturated rings. The van der Waals surface area contributed by atoms with Crippen molar-refractivity contribution in [2.75, 3.05) is 13.2 Å². The molecule has 2 aromatic rings. The third kappa shape index (κ3) is 73.6. The highest BCUT2D eigenvalue weighted by Crippen LogP contribution is 2.41. The fourth-order valence-electron chi connectivity index (χ4n) is 20.0. The summed E-state index contributed by atoms with van der Waals surface area (Å²) in [6.45, 7) is 26.0. The second-order valence-electron chi connectivity index (χ2n) is 41.2. The lowest BCUT2D eigenvalue weighted by molar-refractivity contribution is 0.299. The Kier molecular flexibility index (Phi) is 83.5. The molecule has 4 heteroatoms. The molecule has 694 valence electrons. The van der Waals surface area contributed by atoms with Crippen LogP contribution < -0.4 is 9.47 Å². The van der Waals surface area contributed by atoms with Gasteiger partial charge >= 0.3 is 0 Å². The first-order valence-corrected chi connectivity index (χ1v) is 62.1. The molecule has 0 bridgehead atoms. The van der Waals surface area contributed by atoms with E-state index in [0.717, 1.165) is 54.3 Å². The molecule has 0 heterocycles. The van der Waals surface area contributed by atoms with Crippen LogP contribution in [0.4, 0.5) is 0 Å². The Morgan fingerprint density at radius 3 is 0.746 bits per heavy atom. The van der Waals surface area contributed by atoms with Crippen molar-refractivity contribution in [2.24, 2.45) is 17.8 Å². The van der Waals surface area contributed by atoms with Gasteiger partial charge in [-0.15, -0.1) is 0 Å². The average molecular weight is 1680 g/mol. The van der Waals surface area contributed by atoms with E-state index in [2.05, 4.69) is 116 Å². The second-order valence-corrected chi connectivity index (χ2v) is 49.9. The summed E-state index contributed by atoms with van der Waals surface area (Å²) in [4.78, 5) is 0. The SMILES string of the molecule is CCCCCCCC1CCC(c2ccc(OCCCCCC[SiH](C)C)cc2)CC1.CCCCCCCCCCCCCCCC(CCCCCCCCCCCCC)CC[Si](C)(C)CCCCCCOc1ccc(C2CCC(CCCCCCC)CC2)cc1.CCCCCCCCCCCCCCCCCCCCCCCCCCCCC. The summed E-state index contributed by atoms with van der Waals surface area (Å²) in [5.74, 6) is 6.68. The summed E-state index contributed by atoms with van der Waals surface area (Å²) in [6, 6.07) is 22.9. The Balaban J connectivity index is 0.000000676. The molecular weight excluding hydrogens is 1460 g/mol. The molecule has 1 atom stereocenters. The Morgan fingerprint density at radius 2 is 0.483 bits per heavy atom. The molecule has 118 heavy (non-hydrogen) atoms. The van der Waals surface area contributed by atoms with Crippen molar-refractivity contribution in [3.05, 3.63) is 59.7 Å². The maximum absolute atomic E-state index is 6.23. The summed E-state index contributed by atoms with van der Waals surface area (Å²) in [5, 5.41) is 0. The summed E-state index contributed by atoms with van der Waals surface area (Å²) in [6.07, 6.45) is 119. The third-order valence-corrected chi connectivity index (χ3v) is 33.6. The fourth-order valence-corrected chi connectivity index (χ4v) is 23.8. The molecule has 1 unspecified atom stereocenters. The smallest absolute Gasteiger partial charge is 0.119 e. The average Bonchev–Trinajstić information content (AvgIpc) is 0.859. The van der Waals surface area contributed by atoms with Crippen LogP contribution in [0.1, 0.15) is 591 Å². The minimum Gasteiger partial charge on any atom is -0.494 e. The van der Waals surface area contributed by atoms with Gasteiger partial charge in [-0.1, -0.05) is 572 Å². The van der Waals surface area contributed by atoms with Gasteiger partial charge in [0.25, 0.3) is 0 Å². The lowest BCUT2D eigenvalue weighted by atomic mass is 9.77. The van der Waals surface area contributed by atoms with Crippen molar-refractivity contribution in [1.29, 1.82) is 0 Å². The van der Waals surface area contributed by atoms with Crippen LogP contribution in [-0.4, -0.2) is 30.1 Å². The molecule has 0 amide bonds. The van der Waals surface area contributed by atoms with Gasteiger partial charge < -0.3 is 9.47 Å². The largest absolute Gasteiger partial charge is 0.494 e. The maximum Gasteiger partial charge on any atom is 0.119 e. The summed E-state index contributed by atoms with van der Waals surface area (Å²) >= 11 is 0. The van der Waals surface area contributed by atoms with Gasteiger partial charge in [0.2, 0.25) is 0 Å². The molecule has 2 aliphatic rings. The van der Waals surface area contributed by atoms with Crippen molar-refractivity contribution in [2.45, 2.75) is 624 Å². The lowest BCUT2D eigenvalue weighted by Gasteiger charge is -2.29. The van der Waals surface area contributed by atoms with E-state index in [0.29, 0.717) is 0 Å². The van der Waals surface area contributed by atoms with Gasteiger partial charge in [0.05, 0.1) is 13.2 Å². The molecule has 0 saturated heterocycles. The monoisotopic (exact) mass is 1680 g/mol. The van der Waals surface area contributed by atoms with Crippen molar-refractivity contribution < 1.29 is 9.47 Å². The quantitative estimate of drug-likeness (QED) is 0.0485. The third-order valence-electron chi connectivity index (χ3n) is 28.7. The second kappa shape index (κ2) is 87.5. The van der Waals surface area contributed by atoms with Gasteiger partial charge in [0, 0.05) is 16.9 Å². The van der Waals surface area contributed by atoms with E-state index < -0.39 is 8.07 Å². The zero-order valence-electron chi connectivity index (χ0n) is 82.9. The molecule has 2 saturated carbocycles. The Bertz CT molecular complexity index is 2200. The molecule has 0 aromatic heterocycles. The minimum atomic E-state index is -1.12. The van der Waals surface area contributed by atoms with Crippen LogP contribution in [0.3, 0.4) is 0 Å². The highest BCUT2D eigenvalue weighted by Gasteiger charge is 2.25. The molecule has 0 spiro atoms. The number of benzene rings is 2. The molecule has 2 aliphatic carbocycles. The highest BCUT2D eigenvalue weighted by molar-refractivity contribution is 6.77. The van der Waals surface area contributed by atoms with E-state index in [-0.39, 0.29) is 8.80 Å². The number of hydrogen-bond donors (Lipinski definition) is 0. The topological polar surface area (TPSA) is 18.5 Å². The molecule has 0 radical (unpaired) electrons. The Morgan fingerprint density at radius 1 is 0.254 bits per heavy atom. The van der Waals surface area contributed by atoms with E-state index >= 15 is 0 Å². The predicted molar refractivity (Wildman–Crippen MR) is 543 cm³/mol. The van der Waals surface area contributed by atoms with Gasteiger partial charge in [-0.05, 0) is 129 Å². The fraction of sp³-hybridized carbons (Fsp3) is 0.895. The van der Waals surface area contributed by atoms with Crippen LogP contribution in [0, 0.1) is 17.8 Å². The van der Waals surface area contributed by atoms with E-state index in [4.69, 9.17) is 9.47 Å². The van der Waals surface area contributed by atoms with Gasteiger partial charge in [0.15, 0.2) is 0 Å². The first-order chi connectivity index (χ1) is 58.1. The van der Waals surface area contributed by atoms with Gasteiger partial charge in [-0.2, -0.15) is 0 Å². The van der Waals surface area contributed by atoms with Crippen molar-refractivity contribution >= 4 is 16.9 Å². The van der Waals surface area contributed by atoms with Crippen LogP contribution in [0.15, 0.2) is 48.5 Å². The standard InChI is InChI=1S/C58H110OSi.C29H60.C27H48OSi/c1-6-9-12-15-17-19-21-22-24-26-28-31-36-40-54(39-35-30-27-25-23-20-18-16-13-10-7-2)50-53-60(4,5)52-38-33-32-37-51-59-58-48-46-57(47-49-58)56-44-42-55(43-45-56)41-34-29-14-11-8-3;1-3-5-7-9-11-13-15-17-19-21-23-25-27-29-28-26-24-22-20-18-16-14-12-10-8-6-4-2;1-4-5-6-7-10-13-24-14-16-25(17-15-24)26-18-20-27(21-19-26)28-22-11-8-9-12-23-29(2)3/h46-49,54-56H,6-45,50-53H2,1-5H3;3-29H2,1-2H3;18-21,24-25,29H,4-17,22-23H2,1-3H3. The van der Waals surface area contributed by atoms with Crippen LogP contribution in [0.25, 0.3) is 0 Å². The minimum absolute atomic E-state index is 0.341. The first kappa shape index (κ1) is 113. The number of hydrogen-bond acceptors (Lipinski definition) is 2. The lowest BCUT2D eigenvalue weighted by Crippen LogP contribution is -2.25. The van der Waals surface area contributed by atoms with Crippen molar-refractivity contribution in [3.8, 4) is 11.5 Å². The van der Waals surface area contributed by atoms with E-state index in [9.17, 15) is 0 Å². The zero-order chi connectivity index (χ0) is 84.9. The molecule has 2 nitrogen and oxygen atoms in total. The van der Waals surface area contributed by atoms with Crippen LogP contribution in [0.5, 0.6) is 11.5 Å². The Labute approximate surface area is 747 Å². The summed E-state index contributed by atoms with van der Waals surface area (Å²) in [5.41, 5.74) is 3.09.